The Bertz CT molecular complexity index is 752. The molecule has 1 aromatic carbocycles. The van der Waals surface area contributed by atoms with Crippen LogP contribution < -0.4 is 15.2 Å². The van der Waals surface area contributed by atoms with Gasteiger partial charge in [-0.3, -0.25) is 9.59 Å². The average molecular weight is 316 g/mol. The SMILES string of the molecule is CCOc1cc(-c2n[nH]nc2C(N)=O)ccc1OC(=O)C1CC1. The zero-order valence-electron chi connectivity index (χ0n) is 12.5. The van der Waals surface area contributed by atoms with Crippen molar-refractivity contribution in [2.75, 3.05) is 6.61 Å². The van der Waals surface area contributed by atoms with Crippen LogP contribution in [-0.2, 0) is 4.79 Å². The first kappa shape index (κ1) is 15.0. The van der Waals surface area contributed by atoms with Crippen molar-refractivity contribution in [2.45, 2.75) is 19.8 Å². The number of nitrogens with two attached hydrogens (primary N) is 1. The minimum atomic E-state index is -0.684. The highest BCUT2D eigenvalue weighted by Gasteiger charge is 2.32. The number of benzene rings is 1. The molecule has 0 unspecified atom stereocenters. The first-order valence-electron chi connectivity index (χ1n) is 7.29. The summed E-state index contributed by atoms with van der Waals surface area (Å²) in [6, 6.07) is 4.92. The Hall–Kier alpha value is -2.90. The maximum absolute atomic E-state index is 11.8. The van der Waals surface area contributed by atoms with Crippen molar-refractivity contribution < 1.29 is 19.1 Å². The number of hydrogen-bond donors (Lipinski definition) is 2. The fourth-order valence-electron chi connectivity index (χ4n) is 2.12. The molecule has 1 aliphatic carbocycles. The van der Waals surface area contributed by atoms with Crippen molar-refractivity contribution in [2.24, 2.45) is 11.7 Å². The van der Waals surface area contributed by atoms with Gasteiger partial charge in [-0.05, 0) is 38.0 Å². The van der Waals surface area contributed by atoms with Crippen LogP contribution in [0.15, 0.2) is 18.2 Å². The molecule has 0 radical (unpaired) electrons. The van der Waals surface area contributed by atoms with E-state index in [2.05, 4.69) is 15.4 Å². The second kappa shape index (κ2) is 6.07. The Kier molecular flexibility index (Phi) is 3.96. The second-order valence-electron chi connectivity index (χ2n) is 5.17. The van der Waals surface area contributed by atoms with Gasteiger partial charge in [-0.1, -0.05) is 0 Å². The number of hydrogen-bond acceptors (Lipinski definition) is 6. The van der Waals surface area contributed by atoms with Crippen LogP contribution in [0, 0.1) is 5.92 Å². The highest BCUT2D eigenvalue weighted by Crippen LogP contribution is 2.36. The Morgan fingerprint density at radius 3 is 2.74 bits per heavy atom. The van der Waals surface area contributed by atoms with Crippen molar-refractivity contribution in [3.63, 3.8) is 0 Å². The number of H-pyrrole nitrogens is 1. The molecule has 1 aromatic heterocycles. The number of primary amides is 1. The number of nitrogens with zero attached hydrogens (tertiary/aromatic N) is 2. The fraction of sp³-hybridized carbons (Fsp3) is 0.333. The minimum absolute atomic E-state index is 0.0128. The summed E-state index contributed by atoms with van der Waals surface area (Å²) in [5.74, 6) is -0.205. The lowest BCUT2D eigenvalue weighted by Gasteiger charge is -2.11. The van der Waals surface area contributed by atoms with E-state index >= 15 is 0 Å². The van der Waals surface area contributed by atoms with E-state index in [1.54, 1.807) is 18.2 Å². The summed E-state index contributed by atoms with van der Waals surface area (Å²) >= 11 is 0. The molecule has 0 bridgehead atoms. The Balaban J connectivity index is 1.93. The van der Waals surface area contributed by atoms with Crippen molar-refractivity contribution in [3.05, 3.63) is 23.9 Å². The lowest BCUT2D eigenvalue weighted by Crippen LogP contribution is -2.13. The zero-order chi connectivity index (χ0) is 16.4. The molecule has 3 rings (SSSR count). The maximum Gasteiger partial charge on any atom is 0.314 e. The van der Waals surface area contributed by atoms with E-state index in [0.29, 0.717) is 29.4 Å². The van der Waals surface area contributed by atoms with Crippen molar-refractivity contribution in [3.8, 4) is 22.8 Å². The van der Waals surface area contributed by atoms with Gasteiger partial charge in [0.1, 0.15) is 5.69 Å². The summed E-state index contributed by atoms with van der Waals surface area (Å²) in [4.78, 5) is 23.2. The van der Waals surface area contributed by atoms with E-state index in [1.807, 2.05) is 6.92 Å². The minimum Gasteiger partial charge on any atom is -0.490 e. The van der Waals surface area contributed by atoms with Crippen LogP contribution >= 0.6 is 0 Å². The van der Waals surface area contributed by atoms with Crippen LogP contribution in [0.2, 0.25) is 0 Å². The van der Waals surface area contributed by atoms with E-state index in [1.165, 1.54) is 0 Å². The third-order valence-electron chi connectivity index (χ3n) is 3.42. The number of nitrogens with one attached hydrogen (secondary N) is 1. The molecule has 3 N–H and O–H groups in total. The van der Waals surface area contributed by atoms with E-state index < -0.39 is 5.91 Å². The van der Waals surface area contributed by atoms with Crippen LogP contribution in [0.3, 0.4) is 0 Å². The van der Waals surface area contributed by atoms with Gasteiger partial charge in [-0.15, -0.1) is 0 Å². The first-order chi connectivity index (χ1) is 11.1. The number of aromatic nitrogens is 3. The quantitative estimate of drug-likeness (QED) is 0.612. The van der Waals surface area contributed by atoms with Gasteiger partial charge in [0, 0.05) is 5.56 Å². The van der Waals surface area contributed by atoms with Gasteiger partial charge in [0.05, 0.1) is 12.5 Å². The van der Waals surface area contributed by atoms with E-state index in [-0.39, 0.29) is 17.6 Å². The molecule has 0 aliphatic heterocycles. The lowest BCUT2D eigenvalue weighted by atomic mass is 10.1. The van der Waals surface area contributed by atoms with Crippen molar-refractivity contribution >= 4 is 11.9 Å². The van der Waals surface area contributed by atoms with Crippen LogP contribution in [0.25, 0.3) is 11.3 Å². The Morgan fingerprint density at radius 1 is 1.30 bits per heavy atom. The first-order valence-corrected chi connectivity index (χ1v) is 7.29. The smallest absolute Gasteiger partial charge is 0.314 e. The van der Waals surface area contributed by atoms with E-state index in [0.717, 1.165) is 12.8 Å². The monoisotopic (exact) mass is 316 g/mol. The van der Waals surface area contributed by atoms with Gasteiger partial charge in [0.25, 0.3) is 5.91 Å². The molecule has 1 amide bonds. The molecule has 0 saturated heterocycles. The molecule has 1 fully saturated rings. The van der Waals surface area contributed by atoms with Crippen molar-refractivity contribution in [1.82, 2.24) is 15.4 Å². The summed E-state index contributed by atoms with van der Waals surface area (Å²) in [5.41, 5.74) is 6.21. The van der Waals surface area contributed by atoms with Gasteiger partial charge < -0.3 is 15.2 Å². The summed E-state index contributed by atoms with van der Waals surface area (Å²) in [5, 5.41) is 10.0. The molecular weight excluding hydrogens is 300 g/mol. The van der Waals surface area contributed by atoms with Crippen LogP contribution in [-0.4, -0.2) is 33.9 Å². The number of carbonyl (C=O) groups is 2. The maximum atomic E-state index is 11.8. The summed E-state index contributed by atoms with van der Waals surface area (Å²) in [6.45, 7) is 2.23. The van der Waals surface area contributed by atoms with E-state index in [4.69, 9.17) is 15.2 Å². The Morgan fingerprint density at radius 2 is 2.09 bits per heavy atom. The number of ether oxygens (including phenoxy) is 2. The molecule has 120 valence electrons. The highest BCUT2D eigenvalue weighted by atomic mass is 16.6. The normalized spacial score (nSPS) is 13.6. The van der Waals surface area contributed by atoms with Crippen LogP contribution in [0.1, 0.15) is 30.3 Å². The molecule has 1 heterocycles. The summed E-state index contributed by atoms with van der Waals surface area (Å²) in [7, 11) is 0. The van der Waals surface area contributed by atoms with Crippen molar-refractivity contribution in [1.29, 1.82) is 0 Å². The van der Waals surface area contributed by atoms with E-state index in [9.17, 15) is 9.59 Å². The average Bonchev–Trinajstić information content (AvgIpc) is 3.26. The molecule has 0 spiro atoms. The van der Waals surface area contributed by atoms with Gasteiger partial charge in [0.2, 0.25) is 0 Å². The van der Waals surface area contributed by atoms with Gasteiger partial charge >= 0.3 is 5.97 Å². The highest BCUT2D eigenvalue weighted by molar-refractivity contribution is 5.96. The number of esters is 1. The fourth-order valence-corrected chi connectivity index (χ4v) is 2.12. The molecule has 23 heavy (non-hydrogen) atoms. The lowest BCUT2D eigenvalue weighted by molar-refractivity contribution is -0.135. The molecule has 2 aromatic rings. The molecule has 1 aliphatic rings. The predicted molar refractivity (Wildman–Crippen MR) is 79.9 cm³/mol. The molecule has 0 atom stereocenters. The summed E-state index contributed by atoms with van der Waals surface area (Å²) in [6.07, 6.45) is 1.73. The topological polar surface area (TPSA) is 120 Å². The van der Waals surface area contributed by atoms with Gasteiger partial charge in [-0.25, -0.2) is 0 Å². The molecule has 8 nitrogen and oxygen atoms in total. The standard InChI is InChI=1S/C15H16N4O4/c1-2-22-11-7-9(12-13(14(16)20)18-19-17-12)5-6-10(11)23-15(21)8-3-4-8/h5-8H,2-4H2,1H3,(H2,16,20)(H,17,18,19). The molecule has 1 saturated carbocycles. The van der Waals surface area contributed by atoms with Gasteiger partial charge in [0.15, 0.2) is 17.2 Å². The molecular formula is C15H16N4O4. The number of rotatable bonds is 6. The largest absolute Gasteiger partial charge is 0.490 e. The third kappa shape index (κ3) is 3.15. The third-order valence-corrected chi connectivity index (χ3v) is 3.42. The zero-order valence-corrected chi connectivity index (χ0v) is 12.5. The number of amides is 1. The second-order valence-corrected chi connectivity index (χ2v) is 5.17. The van der Waals surface area contributed by atoms with Crippen LogP contribution in [0.4, 0.5) is 0 Å². The molecule has 8 heteroatoms. The number of carbonyl (C=O) groups excluding carboxylic acids is 2. The van der Waals surface area contributed by atoms with Gasteiger partial charge in [-0.2, -0.15) is 15.4 Å². The summed E-state index contributed by atoms with van der Waals surface area (Å²) < 4.78 is 10.9. The Labute approximate surface area is 132 Å². The predicted octanol–water partition coefficient (Wildman–Crippen LogP) is 1.28. The number of aromatic amines is 1. The van der Waals surface area contributed by atoms with Crippen LogP contribution in [0.5, 0.6) is 11.5 Å².